The highest BCUT2D eigenvalue weighted by atomic mass is 35.5. The number of hydrogen-bond acceptors (Lipinski definition) is 2. The normalized spacial score (nSPS) is 15.7. The first-order chi connectivity index (χ1) is 7.71. The maximum absolute atomic E-state index is 12.2. The van der Waals surface area contributed by atoms with E-state index < -0.39 is 24.7 Å². The van der Waals surface area contributed by atoms with E-state index in [-0.39, 0.29) is 15.6 Å². The van der Waals surface area contributed by atoms with E-state index in [0.717, 1.165) is 0 Å². The SMILES string of the molecule is NC(CC(O)c1ccc(Cl)c(Cl)c1)C(F)(F)F. The molecule has 17 heavy (non-hydrogen) atoms. The molecule has 3 N–H and O–H groups in total. The van der Waals surface area contributed by atoms with Crippen molar-refractivity contribution in [3.8, 4) is 0 Å². The van der Waals surface area contributed by atoms with E-state index in [1.165, 1.54) is 18.2 Å². The Labute approximate surface area is 106 Å². The Hall–Kier alpha value is -0.490. The number of aliphatic hydroxyl groups excluding tert-OH is 1. The predicted octanol–water partition coefficient (Wildman–Crippen LogP) is 3.31. The zero-order valence-corrected chi connectivity index (χ0v) is 10.0. The number of benzene rings is 1. The molecule has 7 heteroatoms. The van der Waals surface area contributed by atoms with Gasteiger partial charge >= 0.3 is 6.18 Å². The molecule has 0 aliphatic heterocycles. The summed E-state index contributed by atoms with van der Waals surface area (Å²) in [6, 6.07) is 2.05. The van der Waals surface area contributed by atoms with E-state index in [9.17, 15) is 18.3 Å². The van der Waals surface area contributed by atoms with E-state index in [2.05, 4.69) is 0 Å². The van der Waals surface area contributed by atoms with Crippen molar-refractivity contribution in [1.29, 1.82) is 0 Å². The molecule has 96 valence electrons. The van der Waals surface area contributed by atoms with Crippen molar-refractivity contribution in [3.63, 3.8) is 0 Å². The highest BCUT2D eigenvalue weighted by Gasteiger charge is 2.37. The van der Waals surface area contributed by atoms with Gasteiger partial charge < -0.3 is 10.8 Å². The van der Waals surface area contributed by atoms with Crippen molar-refractivity contribution in [3.05, 3.63) is 33.8 Å². The lowest BCUT2D eigenvalue weighted by Crippen LogP contribution is -2.38. The van der Waals surface area contributed by atoms with Crippen LogP contribution in [0.2, 0.25) is 10.0 Å². The third-order valence-corrected chi connectivity index (χ3v) is 2.97. The molecule has 1 aromatic rings. The fourth-order valence-corrected chi connectivity index (χ4v) is 1.54. The van der Waals surface area contributed by atoms with Crippen molar-refractivity contribution >= 4 is 23.2 Å². The first-order valence-corrected chi connectivity index (χ1v) is 5.42. The lowest BCUT2D eigenvalue weighted by atomic mass is 10.0. The number of nitrogens with two attached hydrogens (primary N) is 1. The second kappa shape index (κ2) is 5.44. The van der Waals surface area contributed by atoms with Gasteiger partial charge in [0.05, 0.1) is 16.1 Å². The molecule has 0 saturated carbocycles. The molecule has 0 spiro atoms. The van der Waals surface area contributed by atoms with Gasteiger partial charge in [-0.3, -0.25) is 0 Å². The van der Waals surface area contributed by atoms with Crippen LogP contribution in [0.5, 0.6) is 0 Å². The molecule has 0 aliphatic rings. The van der Waals surface area contributed by atoms with Crippen LogP contribution in [0.4, 0.5) is 13.2 Å². The van der Waals surface area contributed by atoms with E-state index in [4.69, 9.17) is 28.9 Å². The van der Waals surface area contributed by atoms with Crippen LogP contribution >= 0.6 is 23.2 Å². The van der Waals surface area contributed by atoms with Crippen LogP contribution in [-0.2, 0) is 0 Å². The summed E-state index contributed by atoms with van der Waals surface area (Å²) in [6.45, 7) is 0. The van der Waals surface area contributed by atoms with Crippen LogP contribution in [0.3, 0.4) is 0 Å². The van der Waals surface area contributed by atoms with Crippen LogP contribution < -0.4 is 5.73 Å². The predicted molar refractivity (Wildman–Crippen MR) is 60.1 cm³/mol. The van der Waals surface area contributed by atoms with Crippen LogP contribution in [0.15, 0.2) is 18.2 Å². The third kappa shape index (κ3) is 4.03. The molecule has 1 rings (SSSR count). The second-order valence-electron chi connectivity index (χ2n) is 3.57. The topological polar surface area (TPSA) is 46.2 Å². The van der Waals surface area contributed by atoms with Gasteiger partial charge in [0, 0.05) is 6.42 Å². The molecular weight excluding hydrogens is 278 g/mol. The first kappa shape index (κ1) is 14.6. The van der Waals surface area contributed by atoms with E-state index in [0.29, 0.717) is 0 Å². The Morgan fingerprint density at radius 3 is 2.29 bits per heavy atom. The van der Waals surface area contributed by atoms with Gasteiger partial charge in [0.25, 0.3) is 0 Å². The van der Waals surface area contributed by atoms with Gasteiger partial charge in [-0.15, -0.1) is 0 Å². The fraction of sp³-hybridized carbons (Fsp3) is 0.400. The third-order valence-electron chi connectivity index (χ3n) is 2.23. The molecule has 0 heterocycles. The van der Waals surface area contributed by atoms with Gasteiger partial charge in [0.2, 0.25) is 0 Å². The summed E-state index contributed by atoms with van der Waals surface area (Å²) in [5.41, 5.74) is 5.16. The molecule has 2 atom stereocenters. The number of alkyl halides is 3. The zero-order valence-electron chi connectivity index (χ0n) is 8.51. The smallest absolute Gasteiger partial charge is 0.388 e. The highest BCUT2D eigenvalue weighted by molar-refractivity contribution is 6.42. The molecule has 0 saturated heterocycles. The average Bonchev–Trinajstić information content (AvgIpc) is 2.20. The molecule has 0 aromatic heterocycles. The van der Waals surface area contributed by atoms with E-state index in [1.807, 2.05) is 0 Å². The van der Waals surface area contributed by atoms with Gasteiger partial charge in [-0.2, -0.15) is 13.2 Å². The zero-order chi connectivity index (χ0) is 13.2. The van der Waals surface area contributed by atoms with Crippen molar-refractivity contribution in [2.45, 2.75) is 24.7 Å². The minimum atomic E-state index is -4.53. The van der Waals surface area contributed by atoms with E-state index >= 15 is 0 Å². The summed E-state index contributed by atoms with van der Waals surface area (Å²) in [6.07, 6.45) is -6.49. The Balaban J connectivity index is 2.76. The minimum absolute atomic E-state index is 0.170. The molecular formula is C10H10Cl2F3NO. The number of hydrogen-bond donors (Lipinski definition) is 2. The van der Waals surface area contributed by atoms with Gasteiger partial charge in [0.1, 0.15) is 6.04 Å². The molecule has 2 unspecified atom stereocenters. The molecule has 0 bridgehead atoms. The molecule has 1 aromatic carbocycles. The van der Waals surface area contributed by atoms with Crippen LogP contribution in [0.25, 0.3) is 0 Å². The summed E-state index contributed by atoms with van der Waals surface area (Å²) in [5.74, 6) is 0. The van der Waals surface area contributed by atoms with Crippen LogP contribution in [0.1, 0.15) is 18.1 Å². The number of aliphatic hydroxyl groups is 1. The van der Waals surface area contributed by atoms with Crippen molar-refractivity contribution < 1.29 is 18.3 Å². The molecule has 2 nitrogen and oxygen atoms in total. The lowest BCUT2D eigenvalue weighted by Gasteiger charge is -2.19. The summed E-state index contributed by atoms with van der Waals surface area (Å²) in [5, 5.41) is 10.0. The van der Waals surface area contributed by atoms with Gasteiger partial charge in [-0.05, 0) is 17.7 Å². The molecule has 0 radical (unpaired) electrons. The van der Waals surface area contributed by atoms with Gasteiger partial charge in [-0.1, -0.05) is 29.3 Å². The van der Waals surface area contributed by atoms with Crippen molar-refractivity contribution in [1.82, 2.24) is 0 Å². The lowest BCUT2D eigenvalue weighted by molar-refractivity contribution is -0.153. The van der Waals surface area contributed by atoms with Crippen LogP contribution in [0, 0.1) is 0 Å². The maximum Gasteiger partial charge on any atom is 0.403 e. The van der Waals surface area contributed by atoms with E-state index in [1.54, 1.807) is 0 Å². The molecule has 0 amide bonds. The van der Waals surface area contributed by atoms with Gasteiger partial charge in [0.15, 0.2) is 0 Å². The summed E-state index contributed by atoms with van der Waals surface area (Å²) < 4.78 is 36.6. The summed E-state index contributed by atoms with van der Waals surface area (Å²) in [4.78, 5) is 0. The Morgan fingerprint density at radius 2 is 1.82 bits per heavy atom. The van der Waals surface area contributed by atoms with Crippen molar-refractivity contribution in [2.75, 3.05) is 0 Å². The van der Waals surface area contributed by atoms with Crippen molar-refractivity contribution in [2.24, 2.45) is 5.73 Å². The number of rotatable bonds is 3. The Kier molecular flexibility index (Phi) is 4.66. The fourth-order valence-electron chi connectivity index (χ4n) is 1.23. The maximum atomic E-state index is 12.2. The Morgan fingerprint density at radius 1 is 1.24 bits per heavy atom. The summed E-state index contributed by atoms with van der Waals surface area (Å²) >= 11 is 11.3. The average molecular weight is 288 g/mol. The standard InChI is InChI=1S/C10H10Cl2F3NO/c11-6-2-1-5(3-7(6)12)8(17)4-9(16)10(13,14)15/h1-3,8-9,17H,4,16H2. The monoisotopic (exact) mass is 287 g/mol. The summed E-state index contributed by atoms with van der Waals surface area (Å²) in [7, 11) is 0. The second-order valence-corrected chi connectivity index (χ2v) is 4.39. The first-order valence-electron chi connectivity index (χ1n) is 4.67. The van der Waals surface area contributed by atoms with Gasteiger partial charge in [-0.25, -0.2) is 0 Å². The van der Waals surface area contributed by atoms with Crippen LogP contribution in [-0.4, -0.2) is 17.3 Å². The largest absolute Gasteiger partial charge is 0.403 e. The number of halogens is 5. The molecule has 0 aliphatic carbocycles. The molecule has 0 fully saturated rings. The minimum Gasteiger partial charge on any atom is -0.388 e. The quantitative estimate of drug-likeness (QED) is 0.896. The highest BCUT2D eigenvalue weighted by Crippen LogP contribution is 2.30. The Bertz CT molecular complexity index is 398.